The largest absolute Gasteiger partial charge is 0.573 e. The van der Waals surface area contributed by atoms with Gasteiger partial charge in [0, 0.05) is 6.07 Å². The van der Waals surface area contributed by atoms with Gasteiger partial charge in [0.1, 0.15) is 5.75 Å². The molecular formula is C12H12F3N3O2S. The number of halogens is 3. The summed E-state index contributed by atoms with van der Waals surface area (Å²) in [7, 11) is 0. The first-order valence-corrected chi connectivity index (χ1v) is 6.63. The van der Waals surface area contributed by atoms with Crippen molar-refractivity contribution in [3.05, 3.63) is 18.2 Å². The first-order valence-electron chi connectivity index (χ1n) is 5.81. The quantitative estimate of drug-likeness (QED) is 0.912. The van der Waals surface area contributed by atoms with Gasteiger partial charge in [0.2, 0.25) is 5.91 Å². The summed E-state index contributed by atoms with van der Waals surface area (Å²) in [6, 6.07) is 3.76. The minimum absolute atomic E-state index is 0.262. The number of nitrogens with zero attached hydrogens (tertiary/aromatic N) is 1. The maximum Gasteiger partial charge on any atom is 0.573 e. The molecule has 1 aromatic heterocycles. The van der Waals surface area contributed by atoms with Crippen LogP contribution in [0.15, 0.2) is 18.2 Å². The molecule has 1 heterocycles. The normalized spacial score (nSPS) is 12.5. The first kappa shape index (κ1) is 15.5. The molecule has 0 aliphatic heterocycles. The Morgan fingerprint density at radius 3 is 2.62 bits per heavy atom. The van der Waals surface area contributed by atoms with Crippen LogP contribution in [0.5, 0.6) is 5.75 Å². The molecule has 3 N–H and O–H groups in total. The van der Waals surface area contributed by atoms with Crippen LogP contribution in [0.1, 0.15) is 13.8 Å². The zero-order chi connectivity index (χ0) is 15.8. The Labute approximate surface area is 121 Å². The summed E-state index contributed by atoms with van der Waals surface area (Å²) in [6.07, 6.45) is -4.75. The number of rotatable bonds is 3. The number of hydrogen-bond acceptors (Lipinski definition) is 5. The average Bonchev–Trinajstić information content (AvgIpc) is 2.66. The third kappa shape index (κ3) is 4.05. The van der Waals surface area contributed by atoms with Crippen LogP contribution < -0.4 is 15.8 Å². The van der Waals surface area contributed by atoms with E-state index in [1.54, 1.807) is 0 Å². The van der Waals surface area contributed by atoms with E-state index >= 15 is 0 Å². The van der Waals surface area contributed by atoms with E-state index in [-0.39, 0.29) is 10.9 Å². The molecule has 0 aliphatic carbocycles. The summed E-state index contributed by atoms with van der Waals surface area (Å²) < 4.78 is 40.7. The standard InChI is InChI=1S/C12H12F3N3O2S/c1-11(2,16)9(19)18-10-17-7-4-3-6(5-8(7)21-10)20-12(13,14)15/h3-5H,16H2,1-2H3,(H,17,18,19). The van der Waals surface area contributed by atoms with E-state index in [0.29, 0.717) is 10.2 Å². The van der Waals surface area contributed by atoms with Crippen LogP contribution in [0.3, 0.4) is 0 Å². The first-order chi connectivity index (χ1) is 9.54. The number of carbonyl (C=O) groups excluding carboxylic acids is 1. The van der Waals surface area contributed by atoms with Gasteiger partial charge in [0.05, 0.1) is 15.8 Å². The topological polar surface area (TPSA) is 77.2 Å². The van der Waals surface area contributed by atoms with E-state index < -0.39 is 17.8 Å². The lowest BCUT2D eigenvalue weighted by Crippen LogP contribution is -2.45. The summed E-state index contributed by atoms with van der Waals surface area (Å²) in [6.45, 7) is 3.07. The number of carbonyl (C=O) groups is 1. The fraction of sp³-hybridized carbons (Fsp3) is 0.333. The highest BCUT2D eigenvalue weighted by molar-refractivity contribution is 7.22. The second kappa shape index (κ2) is 5.15. The van der Waals surface area contributed by atoms with Gasteiger partial charge in [-0.2, -0.15) is 0 Å². The van der Waals surface area contributed by atoms with Crippen molar-refractivity contribution in [2.75, 3.05) is 5.32 Å². The minimum atomic E-state index is -4.75. The summed E-state index contributed by atoms with van der Waals surface area (Å²) in [5, 5.41) is 2.78. The van der Waals surface area contributed by atoms with Crippen molar-refractivity contribution >= 4 is 32.6 Å². The molecule has 9 heteroatoms. The average molecular weight is 319 g/mol. The number of nitrogens with two attached hydrogens (primary N) is 1. The fourth-order valence-corrected chi connectivity index (χ4v) is 2.30. The Hall–Kier alpha value is -1.87. The van der Waals surface area contributed by atoms with Gasteiger partial charge in [-0.25, -0.2) is 4.98 Å². The number of nitrogens with one attached hydrogen (secondary N) is 1. The fourth-order valence-electron chi connectivity index (χ4n) is 1.41. The molecule has 0 fully saturated rings. The summed E-state index contributed by atoms with van der Waals surface area (Å²) >= 11 is 1.04. The smallest absolute Gasteiger partial charge is 0.406 e. The SMILES string of the molecule is CC(C)(N)C(=O)Nc1nc2ccc(OC(F)(F)F)cc2s1. The Kier molecular flexibility index (Phi) is 3.81. The number of hydrogen-bond donors (Lipinski definition) is 2. The second-order valence-corrected chi connectivity index (χ2v) is 5.90. The Morgan fingerprint density at radius 1 is 1.38 bits per heavy atom. The molecule has 0 saturated carbocycles. The molecular weight excluding hydrogens is 307 g/mol. The van der Waals surface area contributed by atoms with E-state index in [9.17, 15) is 18.0 Å². The second-order valence-electron chi connectivity index (χ2n) is 4.87. The zero-order valence-corrected chi connectivity index (χ0v) is 11.9. The number of anilines is 1. The maximum absolute atomic E-state index is 12.1. The molecule has 0 unspecified atom stereocenters. The zero-order valence-electron chi connectivity index (χ0n) is 11.1. The van der Waals surface area contributed by atoms with Crippen LogP contribution in [0.25, 0.3) is 10.2 Å². The van der Waals surface area contributed by atoms with Gasteiger partial charge in [0.25, 0.3) is 0 Å². The van der Waals surface area contributed by atoms with Gasteiger partial charge >= 0.3 is 6.36 Å². The highest BCUT2D eigenvalue weighted by atomic mass is 32.1. The monoisotopic (exact) mass is 319 g/mol. The van der Waals surface area contributed by atoms with Crippen molar-refractivity contribution in [2.24, 2.45) is 5.73 Å². The Morgan fingerprint density at radius 2 is 2.05 bits per heavy atom. The van der Waals surface area contributed by atoms with Crippen LogP contribution in [0.2, 0.25) is 0 Å². The van der Waals surface area contributed by atoms with Gasteiger partial charge in [-0.1, -0.05) is 11.3 Å². The van der Waals surface area contributed by atoms with Crippen molar-refractivity contribution in [3.8, 4) is 5.75 Å². The lowest BCUT2D eigenvalue weighted by Gasteiger charge is -2.15. The number of thiazole rings is 1. The predicted molar refractivity (Wildman–Crippen MR) is 73.2 cm³/mol. The Bertz CT molecular complexity index is 676. The highest BCUT2D eigenvalue weighted by Gasteiger charge is 2.31. The molecule has 21 heavy (non-hydrogen) atoms. The van der Waals surface area contributed by atoms with Crippen molar-refractivity contribution in [1.29, 1.82) is 0 Å². The molecule has 2 aromatic rings. The molecule has 0 radical (unpaired) electrons. The highest BCUT2D eigenvalue weighted by Crippen LogP contribution is 2.31. The van der Waals surface area contributed by atoms with Crippen molar-refractivity contribution < 1.29 is 22.7 Å². The predicted octanol–water partition coefficient (Wildman–Crippen LogP) is 2.87. The van der Waals surface area contributed by atoms with E-state index in [1.807, 2.05) is 0 Å². The van der Waals surface area contributed by atoms with Crippen LogP contribution >= 0.6 is 11.3 Å². The number of alkyl halides is 3. The van der Waals surface area contributed by atoms with Crippen LogP contribution in [-0.4, -0.2) is 22.8 Å². The van der Waals surface area contributed by atoms with E-state index in [4.69, 9.17) is 5.73 Å². The summed E-state index contributed by atoms with van der Waals surface area (Å²) in [5.41, 5.74) is 5.01. The van der Waals surface area contributed by atoms with Crippen LogP contribution in [-0.2, 0) is 4.79 Å². The summed E-state index contributed by atoms with van der Waals surface area (Å²) in [4.78, 5) is 15.8. The molecule has 0 spiro atoms. The number of ether oxygens (including phenoxy) is 1. The van der Waals surface area contributed by atoms with E-state index in [2.05, 4.69) is 15.0 Å². The molecule has 0 saturated heterocycles. The van der Waals surface area contributed by atoms with Gasteiger partial charge in [0.15, 0.2) is 5.13 Å². The molecule has 5 nitrogen and oxygen atoms in total. The van der Waals surface area contributed by atoms with Crippen LogP contribution in [0.4, 0.5) is 18.3 Å². The Balaban J connectivity index is 2.24. The maximum atomic E-state index is 12.1. The molecule has 0 aliphatic rings. The number of fused-ring (bicyclic) bond motifs is 1. The van der Waals surface area contributed by atoms with E-state index in [1.165, 1.54) is 26.0 Å². The molecule has 2 rings (SSSR count). The molecule has 0 bridgehead atoms. The molecule has 114 valence electrons. The minimum Gasteiger partial charge on any atom is -0.406 e. The summed E-state index contributed by atoms with van der Waals surface area (Å²) in [5.74, 6) is -0.774. The third-order valence-corrected chi connectivity index (χ3v) is 3.33. The van der Waals surface area contributed by atoms with Crippen molar-refractivity contribution in [1.82, 2.24) is 4.98 Å². The third-order valence-electron chi connectivity index (χ3n) is 2.40. The van der Waals surface area contributed by atoms with Gasteiger partial charge in [-0.15, -0.1) is 13.2 Å². The van der Waals surface area contributed by atoms with Crippen molar-refractivity contribution in [3.63, 3.8) is 0 Å². The number of benzene rings is 1. The van der Waals surface area contributed by atoms with Crippen molar-refractivity contribution in [2.45, 2.75) is 25.7 Å². The van der Waals surface area contributed by atoms with E-state index in [0.717, 1.165) is 17.4 Å². The molecule has 0 atom stereocenters. The molecule has 1 amide bonds. The van der Waals surface area contributed by atoms with Crippen LogP contribution in [0, 0.1) is 0 Å². The number of amides is 1. The lowest BCUT2D eigenvalue weighted by atomic mass is 10.1. The molecule has 1 aromatic carbocycles. The van der Waals surface area contributed by atoms with Gasteiger partial charge in [-0.3, -0.25) is 4.79 Å². The van der Waals surface area contributed by atoms with Gasteiger partial charge < -0.3 is 15.8 Å². The number of aromatic nitrogens is 1. The van der Waals surface area contributed by atoms with Gasteiger partial charge in [-0.05, 0) is 26.0 Å². The lowest BCUT2D eigenvalue weighted by molar-refractivity contribution is -0.274.